The van der Waals surface area contributed by atoms with Crippen molar-refractivity contribution < 1.29 is 14.3 Å². The summed E-state index contributed by atoms with van der Waals surface area (Å²) in [7, 11) is 0. The molecule has 2 unspecified atom stereocenters. The average Bonchev–Trinajstić information content (AvgIpc) is 3.20. The average molecular weight is 350 g/mol. The second-order valence-corrected chi connectivity index (χ2v) is 6.40. The number of ether oxygens (including phenoxy) is 2. The number of benzene rings is 2. The van der Waals surface area contributed by atoms with Crippen LogP contribution >= 0.6 is 0 Å². The first-order chi connectivity index (χ1) is 12.7. The number of hydrogen-bond donors (Lipinski definition) is 1. The van der Waals surface area contributed by atoms with Gasteiger partial charge in [-0.25, -0.2) is 0 Å². The number of rotatable bonds is 6. The van der Waals surface area contributed by atoms with E-state index in [1.165, 1.54) is 0 Å². The molecule has 2 atom stereocenters. The molecule has 0 spiro atoms. The highest BCUT2D eigenvalue weighted by atomic mass is 16.5. The zero-order valence-corrected chi connectivity index (χ0v) is 14.8. The van der Waals surface area contributed by atoms with Gasteiger partial charge in [0, 0.05) is 12.2 Å². The number of carbonyl (C=O) groups is 1. The third-order valence-corrected chi connectivity index (χ3v) is 4.44. The fourth-order valence-corrected chi connectivity index (χ4v) is 2.90. The Morgan fingerprint density at radius 1 is 1.35 bits per heavy atom. The lowest BCUT2D eigenvalue weighted by molar-refractivity contribution is 0.0679. The monoisotopic (exact) mass is 350 g/mol. The van der Waals surface area contributed by atoms with Gasteiger partial charge in [-0.1, -0.05) is 18.2 Å². The van der Waals surface area contributed by atoms with Gasteiger partial charge in [-0.15, -0.1) is 0 Å². The van der Waals surface area contributed by atoms with Gasteiger partial charge in [-0.3, -0.25) is 4.79 Å². The predicted octanol–water partition coefficient (Wildman–Crippen LogP) is 3.61. The molecule has 26 heavy (non-hydrogen) atoms. The molecule has 0 aromatic heterocycles. The van der Waals surface area contributed by atoms with Crippen molar-refractivity contribution in [1.82, 2.24) is 5.32 Å². The molecule has 1 N–H and O–H groups in total. The molecule has 3 rings (SSSR count). The van der Waals surface area contributed by atoms with Gasteiger partial charge in [0.15, 0.2) is 0 Å². The fourth-order valence-electron chi connectivity index (χ4n) is 2.90. The summed E-state index contributed by atoms with van der Waals surface area (Å²) in [4.78, 5) is 12.5. The fraction of sp³-hybridized carbons (Fsp3) is 0.333. The van der Waals surface area contributed by atoms with E-state index in [-0.39, 0.29) is 18.1 Å². The molecule has 0 aliphatic carbocycles. The molecule has 0 radical (unpaired) electrons. The first kappa shape index (κ1) is 18.0. The summed E-state index contributed by atoms with van der Waals surface area (Å²) >= 11 is 0. The third kappa shape index (κ3) is 4.62. The van der Waals surface area contributed by atoms with Crippen molar-refractivity contribution in [3.05, 3.63) is 65.2 Å². The molecule has 1 heterocycles. The van der Waals surface area contributed by atoms with Crippen LogP contribution in [0.5, 0.6) is 5.75 Å². The maximum absolute atomic E-state index is 12.5. The van der Waals surface area contributed by atoms with Gasteiger partial charge < -0.3 is 14.8 Å². The Bertz CT molecular complexity index is 790. The van der Waals surface area contributed by atoms with E-state index in [2.05, 4.69) is 11.4 Å². The Labute approximate surface area is 153 Å². The first-order valence-electron chi connectivity index (χ1n) is 8.81. The highest BCUT2D eigenvalue weighted by Gasteiger charge is 2.17. The van der Waals surface area contributed by atoms with E-state index < -0.39 is 0 Å². The van der Waals surface area contributed by atoms with Crippen LogP contribution in [0.3, 0.4) is 0 Å². The van der Waals surface area contributed by atoms with E-state index in [1.807, 2.05) is 31.2 Å². The Hall–Kier alpha value is -2.84. The molecule has 134 valence electrons. The number of amides is 1. The van der Waals surface area contributed by atoms with E-state index in [4.69, 9.17) is 14.7 Å². The summed E-state index contributed by atoms with van der Waals surface area (Å²) in [5.74, 6) is 0.503. The van der Waals surface area contributed by atoms with Crippen LogP contribution in [0.25, 0.3) is 0 Å². The molecule has 5 nitrogen and oxygen atoms in total. The van der Waals surface area contributed by atoms with Crippen LogP contribution in [-0.2, 0) is 4.74 Å². The Morgan fingerprint density at radius 2 is 2.15 bits per heavy atom. The largest absolute Gasteiger partial charge is 0.491 e. The molecule has 2 aromatic carbocycles. The van der Waals surface area contributed by atoms with E-state index in [9.17, 15) is 4.79 Å². The number of nitrogens with one attached hydrogen (secondary N) is 1. The van der Waals surface area contributed by atoms with Gasteiger partial charge >= 0.3 is 0 Å². The molecule has 0 bridgehead atoms. The molecule has 5 heteroatoms. The van der Waals surface area contributed by atoms with Crippen molar-refractivity contribution >= 4 is 5.91 Å². The quantitative estimate of drug-likeness (QED) is 0.864. The number of nitrogens with zero attached hydrogens (tertiary/aromatic N) is 1. The Balaban J connectivity index is 1.59. The SMILES string of the molecule is CC(NC(=O)c1cccc(OCC2CCCO2)c1)c1ccc(C#N)cc1. The third-order valence-electron chi connectivity index (χ3n) is 4.44. The Kier molecular flexibility index (Phi) is 5.88. The smallest absolute Gasteiger partial charge is 0.251 e. The topological polar surface area (TPSA) is 71.3 Å². The van der Waals surface area contributed by atoms with E-state index >= 15 is 0 Å². The van der Waals surface area contributed by atoms with Crippen LogP contribution in [-0.4, -0.2) is 25.2 Å². The molecule has 1 aliphatic heterocycles. The van der Waals surface area contributed by atoms with Crippen LogP contribution < -0.4 is 10.1 Å². The van der Waals surface area contributed by atoms with Gasteiger partial charge in [0.05, 0.1) is 23.8 Å². The normalized spacial score (nSPS) is 17.3. The second-order valence-electron chi connectivity index (χ2n) is 6.40. The summed E-state index contributed by atoms with van der Waals surface area (Å²) in [6, 6.07) is 16.3. The maximum Gasteiger partial charge on any atom is 0.251 e. The van der Waals surface area contributed by atoms with Crippen molar-refractivity contribution in [3.8, 4) is 11.8 Å². The van der Waals surface area contributed by atoms with Gasteiger partial charge in [-0.05, 0) is 55.7 Å². The molecule has 1 amide bonds. The van der Waals surface area contributed by atoms with Gasteiger partial charge in [0.1, 0.15) is 12.4 Å². The molecular formula is C21H22N2O3. The lowest BCUT2D eigenvalue weighted by atomic mass is 10.1. The van der Waals surface area contributed by atoms with Crippen molar-refractivity contribution in [1.29, 1.82) is 5.26 Å². The van der Waals surface area contributed by atoms with Crippen LogP contribution in [0, 0.1) is 11.3 Å². The van der Waals surface area contributed by atoms with Crippen molar-refractivity contribution in [2.24, 2.45) is 0 Å². The summed E-state index contributed by atoms with van der Waals surface area (Å²) in [6.45, 7) is 3.22. The standard InChI is InChI=1S/C21H22N2O3/c1-15(17-9-7-16(13-22)8-10-17)23-21(24)18-4-2-5-19(12-18)26-14-20-6-3-11-25-20/h2,4-5,7-10,12,15,20H,3,6,11,14H2,1H3,(H,23,24). The first-order valence-corrected chi connectivity index (χ1v) is 8.81. The second kappa shape index (κ2) is 8.50. The highest BCUT2D eigenvalue weighted by molar-refractivity contribution is 5.94. The van der Waals surface area contributed by atoms with Gasteiger partial charge in [0.25, 0.3) is 5.91 Å². The van der Waals surface area contributed by atoms with E-state index in [1.54, 1.807) is 24.3 Å². The van der Waals surface area contributed by atoms with Crippen LogP contribution in [0.2, 0.25) is 0 Å². The lowest BCUT2D eigenvalue weighted by Gasteiger charge is -2.15. The number of hydrogen-bond acceptors (Lipinski definition) is 4. The minimum atomic E-state index is -0.163. The van der Waals surface area contributed by atoms with E-state index in [0.29, 0.717) is 23.5 Å². The lowest BCUT2D eigenvalue weighted by Crippen LogP contribution is -2.26. The van der Waals surface area contributed by atoms with Gasteiger partial charge in [0.2, 0.25) is 0 Å². The van der Waals surface area contributed by atoms with Crippen molar-refractivity contribution in [3.63, 3.8) is 0 Å². The number of nitriles is 1. The predicted molar refractivity (Wildman–Crippen MR) is 97.9 cm³/mol. The zero-order chi connectivity index (χ0) is 18.4. The molecule has 1 fully saturated rings. The molecule has 1 aliphatic rings. The van der Waals surface area contributed by atoms with Crippen LogP contribution in [0.4, 0.5) is 0 Å². The van der Waals surface area contributed by atoms with Crippen LogP contribution in [0.1, 0.15) is 47.3 Å². The summed E-state index contributed by atoms with van der Waals surface area (Å²) in [6.07, 6.45) is 2.23. The minimum absolute atomic E-state index is 0.142. The Morgan fingerprint density at radius 3 is 2.85 bits per heavy atom. The molecule has 0 saturated carbocycles. The summed E-state index contributed by atoms with van der Waals surface area (Å²) in [5, 5.41) is 11.8. The molecule has 2 aromatic rings. The summed E-state index contributed by atoms with van der Waals surface area (Å²) < 4.78 is 11.3. The maximum atomic E-state index is 12.5. The van der Waals surface area contributed by atoms with Crippen LogP contribution in [0.15, 0.2) is 48.5 Å². The van der Waals surface area contributed by atoms with E-state index in [0.717, 1.165) is 25.0 Å². The molecular weight excluding hydrogens is 328 g/mol. The zero-order valence-electron chi connectivity index (χ0n) is 14.8. The number of carbonyl (C=O) groups excluding carboxylic acids is 1. The molecule has 1 saturated heterocycles. The van der Waals surface area contributed by atoms with Crippen molar-refractivity contribution in [2.45, 2.75) is 31.9 Å². The van der Waals surface area contributed by atoms with Crippen molar-refractivity contribution in [2.75, 3.05) is 13.2 Å². The summed E-state index contributed by atoms with van der Waals surface area (Å²) in [5.41, 5.74) is 2.10. The highest BCUT2D eigenvalue weighted by Crippen LogP contribution is 2.19. The minimum Gasteiger partial charge on any atom is -0.491 e. The van der Waals surface area contributed by atoms with Gasteiger partial charge in [-0.2, -0.15) is 5.26 Å².